The lowest BCUT2D eigenvalue weighted by Gasteiger charge is -2.12. The van der Waals surface area contributed by atoms with Gasteiger partial charge in [-0.2, -0.15) is 0 Å². The fourth-order valence-electron chi connectivity index (χ4n) is 1.43. The highest BCUT2D eigenvalue weighted by atomic mass is 16.5. The standard InChI is InChI=1S/C12H16O/c1-9(2)11-5-3-4-6-12(11)13-10-7-8-10/h3-6,9-10H,7-8H2,1-2H3. The molecule has 1 aromatic carbocycles. The van der Waals surface area contributed by atoms with E-state index >= 15 is 0 Å². The van der Waals surface area contributed by atoms with Crippen molar-refractivity contribution in [2.75, 3.05) is 0 Å². The fourth-order valence-corrected chi connectivity index (χ4v) is 1.43. The van der Waals surface area contributed by atoms with Gasteiger partial charge in [0.2, 0.25) is 0 Å². The summed E-state index contributed by atoms with van der Waals surface area (Å²) in [6, 6.07) is 8.36. The van der Waals surface area contributed by atoms with Crippen molar-refractivity contribution < 1.29 is 4.74 Å². The summed E-state index contributed by atoms with van der Waals surface area (Å²) in [5.74, 6) is 1.63. The molecule has 1 heteroatoms. The Morgan fingerprint density at radius 1 is 1.23 bits per heavy atom. The Balaban J connectivity index is 2.20. The first-order valence-corrected chi connectivity index (χ1v) is 5.03. The summed E-state index contributed by atoms with van der Waals surface area (Å²) >= 11 is 0. The first-order valence-electron chi connectivity index (χ1n) is 5.03. The Bertz CT molecular complexity index is 287. The maximum absolute atomic E-state index is 5.82. The van der Waals surface area contributed by atoms with Crippen molar-refractivity contribution in [2.45, 2.75) is 38.7 Å². The van der Waals surface area contributed by atoms with Gasteiger partial charge in [0.05, 0.1) is 6.10 Å². The van der Waals surface area contributed by atoms with E-state index in [4.69, 9.17) is 4.74 Å². The van der Waals surface area contributed by atoms with Gasteiger partial charge in [-0.15, -0.1) is 0 Å². The van der Waals surface area contributed by atoms with Crippen molar-refractivity contribution in [1.82, 2.24) is 0 Å². The topological polar surface area (TPSA) is 9.23 Å². The molecule has 1 saturated carbocycles. The molecule has 1 aliphatic carbocycles. The normalized spacial score (nSPS) is 16.2. The second-order valence-corrected chi connectivity index (χ2v) is 4.01. The van der Waals surface area contributed by atoms with Gasteiger partial charge < -0.3 is 4.74 Å². The van der Waals surface area contributed by atoms with Crippen LogP contribution in [-0.4, -0.2) is 6.10 Å². The van der Waals surface area contributed by atoms with Crippen LogP contribution >= 0.6 is 0 Å². The smallest absolute Gasteiger partial charge is 0.123 e. The molecular weight excluding hydrogens is 160 g/mol. The van der Waals surface area contributed by atoms with Crippen molar-refractivity contribution in [1.29, 1.82) is 0 Å². The van der Waals surface area contributed by atoms with Crippen molar-refractivity contribution in [2.24, 2.45) is 0 Å². The van der Waals surface area contributed by atoms with E-state index in [2.05, 4.69) is 32.0 Å². The van der Waals surface area contributed by atoms with Gasteiger partial charge in [-0.25, -0.2) is 0 Å². The predicted molar refractivity (Wildman–Crippen MR) is 54.2 cm³/mol. The van der Waals surface area contributed by atoms with Crippen molar-refractivity contribution >= 4 is 0 Å². The molecule has 70 valence electrons. The second kappa shape index (κ2) is 3.41. The van der Waals surface area contributed by atoms with E-state index in [1.165, 1.54) is 18.4 Å². The first-order chi connectivity index (χ1) is 6.27. The van der Waals surface area contributed by atoms with Crippen LogP contribution in [0.3, 0.4) is 0 Å². The Kier molecular flexibility index (Phi) is 2.26. The summed E-state index contributed by atoms with van der Waals surface area (Å²) in [5.41, 5.74) is 1.33. The van der Waals surface area contributed by atoms with Crippen LogP contribution in [0, 0.1) is 0 Å². The zero-order valence-electron chi connectivity index (χ0n) is 8.29. The Morgan fingerprint density at radius 2 is 1.92 bits per heavy atom. The molecule has 1 fully saturated rings. The van der Waals surface area contributed by atoms with E-state index in [0.29, 0.717) is 12.0 Å². The number of para-hydroxylation sites is 1. The van der Waals surface area contributed by atoms with Crippen LogP contribution in [-0.2, 0) is 0 Å². The Labute approximate surface area is 79.7 Å². The highest BCUT2D eigenvalue weighted by molar-refractivity contribution is 5.35. The van der Waals surface area contributed by atoms with Gasteiger partial charge in [-0.3, -0.25) is 0 Å². The molecule has 0 aromatic heterocycles. The van der Waals surface area contributed by atoms with Gasteiger partial charge >= 0.3 is 0 Å². The molecule has 0 bridgehead atoms. The van der Waals surface area contributed by atoms with Gasteiger partial charge in [-0.1, -0.05) is 32.0 Å². The molecule has 0 saturated heterocycles. The van der Waals surface area contributed by atoms with E-state index in [-0.39, 0.29) is 0 Å². The van der Waals surface area contributed by atoms with E-state index in [1.54, 1.807) is 0 Å². The lowest BCUT2D eigenvalue weighted by Crippen LogP contribution is -2.00. The average molecular weight is 176 g/mol. The molecule has 0 spiro atoms. The quantitative estimate of drug-likeness (QED) is 0.686. The Hall–Kier alpha value is -0.980. The summed E-state index contributed by atoms with van der Waals surface area (Å²) in [6.07, 6.45) is 2.96. The van der Waals surface area contributed by atoms with Gasteiger partial charge in [0.25, 0.3) is 0 Å². The van der Waals surface area contributed by atoms with E-state index in [0.717, 1.165) is 5.75 Å². The molecule has 1 aliphatic rings. The van der Waals surface area contributed by atoms with Crippen LogP contribution in [0.2, 0.25) is 0 Å². The third-order valence-electron chi connectivity index (χ3n) is 2.36. The molecule has 0 atom stereocenters. The minimum absolute atomic E-state index is 0.500. The first kappa shape index (κ1) is 8.61. The molecule has 0 heterocycles. The molecule has 1 nitrogen and oxygen atoms in total. The third kappa shape index (κ3) is 2.03. The highest BCUT2D eigenvalue weighted by Crippen LogP contribution is 2.32. The van der Waals surface area contributed by atoms with Crippen LogP contribution in [0.4, 0.5) is 0 Å². The van der Waals surface area contributed by atoms with Crippen molar-refractivity contribution in [3.05, 3.63) is 29.8 Å². The Morgan fingerprint density at radius 3 is 2.54 bits per heavy atom. The molecule has 0 N–H and O–H groups in total. The fraction of sp³-hybridized carbons (Fsp3) is 0.500. The summed E-state index contributed by atoms with van der Waals surface area (Å²) < 4.78 is 5.82. The number of rotatable bonds is 3. The number of ether oxygens (including phenoxy) is 1. The van der Waals surface area contributed by atoms with Crippen molar-refractivity contribution in [3.8, 4) is 5.75 Å². The second-order valence-electron chi connectivity index (χ2n) is 4.01. The van der Waals surface area contributed by atoms with Gasteiger partial charge in [0, 0.05) is 0 Å². The maximum atomic E-state index is 5.82. The van der Waals surface area contributed by atoms with E-state index in [9.17, 15) is 0 Å². The largest absolute Gasteiger partial charge is 0.490 e. The number of hydrogen-bond donors (Lipinski definition) is 0. The molecule has 0 unspecified atom stereocenters. The van der Waals surface area contributed by atoms with Crippen LogP contribution in [0.1, 0.15) is 38.2 Å². The number of benzene rings is 1. The van der Waals surface area contributed by atoms with E-state index in [1.807, 2.05) is 6.07 Å². The van der Waals surface area contributed by atoms with Crippen LogP contribution < -0.4 is 4.74 Å². The average Bonchev–Trinajstić information content (AvgIpc) is 2.89. The summed E-state index contributed by atoms with van der Waals surface area (Å²) in [4.78, 5) is 0. The summed E-state index contributed by atoms with van der Waals surface area (Å²) in [6.45, 7) is 4.41. The SMILES string of the molecule is CC(C)c1ccccc1OC1CC1. The monoisotopic (exact) mass is 176 g/mol. The number of hydrogen-bond acceptors (Lipinski definition) is 1. The van der Waals surface area contributed by atoms with Gasteiger partial charge in [-0.05, 0) is 30.4 Å². The molecule has 13 heavy (non-hydrogen) atoms. The predicted octanol–water partition coefficient (Wildman–Crippen LogP) is 3.35. The summed E-state index contributed by atoms with van der Waals surface area (Å²) in [7, 11) is 0. The van der Waals surface area contributed by atoms with Gasteiger partial charge in [0.15, 0.2) is 0 Å². The van der Waals surface area contributed by atoms with Crippen LogP contribution in [0.25, 0.3) is 0 Å². The molecular formula is C12H16O. The lowest BCUT2D eigenvalue weighted by atomic mass is 10.0. The minimum atomic E-state index is 0.500. The minimum Gasteiger partial charge on any atom is -0.490 e. The third-order valence-corrected chi connectivity index (χ3v) is 2.36. The van der Waals surface area contributed by atoms with Crippen molar-refractivity contribution in [3.63, 3.8) is 0 Å². The molecule has 0 radical (unpaired) electrons. The zero-order valence-corrected chi connectivity index (χ0v) is 8.29. The maximum Gasteiger partial charge on any atom is 0.123 e. The van der Waals surface area contributed by atoms with E-state index < -0.39 is 0 Å². The van der Waals surface area contributed by atoms with Gasteiger partial charge in [0.1, 0.15) is 5.75 Å². The zero-order chi connectivity index (χ0) is 9.26. The molecule has 0 aliphatic heterocycles. The lowest BCUT2D eigenvalue weighted by molar-refractivity contribution is 0.299. The molecule has 1 aromatic rings. The highest BCUT2D eigenvalue weighted by Gasteiger charge is 2.24. The molecule has 0 amide bonds. The molecule has 2 rings (SSSR count). The summed E-state index contributed by atoms with van der Waals surface area (Å²) in [5, 5.41) is 0. The van der Waals surface area contributed by atoms with Crippen LogP contribution in [0.15, 0.2) is 24.3 Å². The van der Waals surface area contributed by atoms with Crippen LogP contribution in [0.5, 0.6) is 5.75 Å².